The minimum Gasteiger partial charge on any atom is -0.493 e. The van der Waals surface area contributed by atoms with Crippen LogP contribution in [0.25, 0.3) is 0 Å². The van der Waals surface area contributed by atoms with Crippen molar-refractivity contribution in [3.8, 4) is 11.8 Å². The number of benzene rings is 1. The number of halogens is 1. The van der Waals surface area contributed by atoms with Gasteiger partial charge in [0.25, 0.3) is 0 Å². The summed E-state index contributed by atoms with van der Waals surface area (Å²) >= 11 is 5.67. The first-order valence-corrected chi connectivity index (χ1v) is 8.03. The lowest BCUT2D eigenvalue weighted by molar-refractivity contribution is 0.414. The number of anilines is 1. The van der Waals surface area contributed by atoms with Crippen LogP contribution >= 0.6 is 11.6 Å². The second-order valence-corrected chi connectivity index (χ2v) is 6.36. The van der Waals surface area contributed by atoms with Gasteiger partial charge in [0.1, 0.15) is 0 Å². The van der Waals surface area contributed by atoms with Crippen molar-refractivity contribution in [3.63, 3.8) is 0 Å². The zero-order valence-electron chi connectivity index (χ0n) is 11.4. The topological polar surface area (TPSA) is 105 Å². The van der Waals surface area contributed by atoms with E-state index in [1.54, 1.807) is 24.3 Å². The van der Waals surface area contributed by atoms with Crippen molar-refractivity contribution in [1.82, 2.24) is 10.2 Å². The molecule has 0 bridgehead atoms. The molecule has 114 valence electrons. The van der Waals surface area contributed by atoms with E-state index >= 15 is 0 Å². The van der Waals surface area contributed by atoms with E-state index in [4.69, 9.17) is 21.6 Å². The Morgan fingerprint density at radius 2 is 2.00 bits per heavy atom. The molecule has 22 heavy (non-hydrogen) atoms. The number of hydrogen-bond acceptors (Lipinski definition) is 6. The predicted molar refractivity (Wildman–Crippen MR) is 81.0 cm³/mol. The number of ether oxygens (including phenoxy) is 1. The van der Waals surface area contributed by atoms with Crippen molar-refractivity contribution in [2.24, 2.45) is 0 Å². The third-order valence-electron chi connectivity index (χ3n) is 2.64. The third-order valence-corrected chi connectivity index (χ3v) is 4.04. The molecule has 1 aromatic heterocycles. The molecule has 0 unspecified atom stereocenters. The maximum absolute atomic E-state index is 12.1. The van der Waals surface area contributed by atoms with Gasteiger partial charge in [-0.25, -0.2) is 8.42 Å². The van der Waals surface area contributed by atoms with Gasteiger partial charge in [0, 0.05) is 6.07 Å². The van der Waals surface area contributed by atoms with Crippen LogP contribution in [0, 0.1) is 11.3 Å². The Morgan fingerprint density at radius 3 is 2.59 bits per heavy atom. The molecule has 1 heterocycles. The van der Waals surface area contributed by atoms with Crippen molar-refractivity contribution < 1.29 is 13.2 Å². The quantitative estimate of drug-likeness (QED) is 0.893. The molecular formula is C13H11ClN4O3S. The lowest BCUT2D eigenvalue weighted by Crippen LogP contribution is -2.17. The van der Waals surface area contributed by atoms with Crippen LogP contribution < -0.4 is 9.46 Å². The number of methoxy groups -OCH3 is 1. The maximum atomic E-state index is 12.1. The van der Waals surface area contributed by atoms with E-state index in [0.717, 1.165) is 0 Å². The molecular weight excluding hydrogens is 328 g/mol. The van der Waals surface area contributed by atoms with Crippen LogP contribution in [0.4, 0.5) is 5.82 Å². The number of nitriles is 1. The van der Waals surface area contributed by atoms with Crippen LogP contribution in [0.2, 0.25) is 5.15 Å². The zero-order valence-corrected chi connectivity index (χ0v) is 13.0. The van der Waals surface area contributed by atoms with Gasteiger partial charge in [0.05, 0.1) is 24.5 Å². The Morgan fingerprint density at radius 1 is 1.32 bits per heavy atom. The lowest BCUT2D eigenvalue weighted by Gasteiger charge is -2.10. The van der Waals surface area contributed by atoms with Crippen molar-refractivity contribution in [3.05, 3.63) is 46.6 Å². The van der Waals surface area contributed by atoms with Gasteiger partial charge in [-0.05, 0) is 17.7 Å². The van der Waals surface area contributed by atoms with E-state index in [1.165, 1.54) is 13.2 Å². The van der Waals surface area contributed by atoms with Crippen LogP contribution in [-0.4, -0.2) is 25.7 Å². The average molecular weight is 339 g/mol. The minimum absolute atomic E-state index is 0.0412. The molecule has 0 fully saturated rings. The van der Waals surface area contributed by atoms with E-state index in [9.17, 15) is 8.42 Å². The second-order valence-electron chi connectivity index (χ2n) is 4.25. The number of nitrogens with one attached hydrogen (secondary N) is 1. The van der Waals surface area contributed by atoms with Crippen molar-refractivity contribution >= 4 is 27.4 Å². The summed E-state index contributed by atoms with van der Waals surface area (Å²) in [6, 6.07) is 9.56. The summed E-state index contributed by atoms with van der Waals surface area (Å²) in [5.41, 5.74) is 0.992. The maximum Gasteiger partial charge on any atom is 0.238 e. The van der Waals surface area contributed by atoms with Crippen LogP contribution in [-0.2, 0) is 15.8 Å². The first-order chi connectivity index (χ1) is 10.4. The first-order valence-electron chi connectivity index (χ1n) is 6.00. The SMILES string of the molecule is COc1cc(Cl)nnc1NS(=O)(=O)Cc1ccc(C#N)cc1. The Kier molecular flexibility index (Phi) is 4.80. The summed E-state index contributed by atoms with van der Waals surface area (Å²) in [4.78, 5) is 0. The van der Waals surface area contributed by atoms with E-state index < -0.39 is 10.0 Å². The summed E-state index contributed by atoms with van der Waals surface area (Å²) < 4.78 is 31.6. The highest BCUT2D eigenvalue weighted by Gasteiger charge is 2.16. The van der Waals surface area contributed by atoms with E-state index in [0.29, 0.717) is 11.1 Å². The zero-order chi connectivity index (χ0) is 16.2. The fourth-order valence-electron chi connectivity index (χ4n) is 1.66. The number of nitrogens with zero attached hydrogens (tertiary/aromatic N) is 3. The van der Waals surface area contributed by atoms with Gasteiger partial charge >= 0.3 is 0 Å². The summed E-state index contributed by atoms with van der Waals surface area (Å²) in [5.74, 6) is -0.143. The van der Waals surface area contributed by atoms with E-state index in [2.05, 4.69) is 14.9 Å². The highest BCUT2D eigenvalue weighted by Crippen LogP contribution is 2.24. The monoisotopic (exact) mass is 338 g/mol. The Bertz CT molecular complexity index is 816. The van der Waals surface area contributed by atoms with Gasteiger partial charge in [-0.1, -0.05) is 23.7 Å². The minimum atomic E-state index is -3.71. The highest BCUT2D eigenvalue weighted by atomic mass is 35.5. The molecule has 0 amide bonds. The fraction of sp³-hybridized carbons (Fsp3) is 0.154. The molecule has 0 aliphatic rings. The third kappa shape index (κ3) is 4.07. The summed E-state index contributed by atoms with van der Waals surface area (Å²) in [6.07, 6.45) is 0. The van der Waals surface area contributed by atoms with Gasteiger partial charge in [-0.3, -0.25) is 4.72 Å². The van der Waals surface area contributed by atoms with E-state index in [1.807, 2.05) is 6.07 Å². The molecule has 0 aliphatic carbocycles. The predicted octanol–water partition coefficient (Wildman–Crippen LogP) is 1.95. The molecule has 2 aromatic rings. The van der Waals surface area contributed by atoms with Gasteiger partial charge in [-0.2, -0.15) is 5.26 Å². The molecule has 2 rings (SSSR count). The molecule has 0 radical (unpaired) electrons. The van der Waals surface area contributed by atoms with Crippen molar-refractivity contribution in [2.45, 2.75) is 5.75 Å². The number of aromatic nitrogens is 2. The fourth-order valence-corrected chi connectivity index (χ4v) is 2.93. The van der Waals surface area contributed by atoms with Crippen LogP contribution in [0.15, 0.2) is 30.3 Å². The molecule has 1 aromatic carbocycles. The highest BCUT2D eigenvalue weighted by molar-refractivity contribution is 7.91. The van der Waals surface area contributed by atoms with Gasteiger partial charge in [-0.15, -0.1) is 10.2 Å². The molecule has 7 nitrogen and oxygen atoms in total. The van der Waals surface area contributed by atoms with Gasteiger partial charge in [0.15, 0.2) is 10.9 Å². The smallest absolute Gasteiger partial charge is 0.238 e. The number of rotatable bonds is 5. The largest absolute Gasteiger partial charge is 0.493 e. The van der Waals surface area contributed by atoms with Crippen molar-refractivity contribution in [2.75, 3.05) is 11.8 Å². The van der Waals surface area contributed by atoms with E-state index in [-0.39, 0.29) is 22.5 Å². The van der Waals surface area contributed by atoms with Crippen LogP contribution in [0.3, 0.4) is 0 Å². The molecule has 0 spiro atoms. The molecule has 0 aliphatic heterocycles. The van der Waals surface area contributed by atoms with Gasteiger partial charge < -0.3 is 4.74 Å². The summed E-state index contributed by atoms with van der Waals surface area (Å²) in [6.45, 7) is 0. The molecule has 0 saturated carbocycles. The Hall–Kier alpha value is -2.37. The molecule has 9 heteroatoms. The lowest BCUT2D eigenvalue weighted by atomic mass is 10.2. The average Bonchev–Trinajstić information content (AvgIpc) is 2.49. The van der Waals surface area contributed by atoms with Gasteiger partial charge in [0.2, 0.25) is 15.8 Å². The molecule has 1 N–H and O–H groups in total. The number of hydrogen-bond donors (Lipinski definition) is 1. The molecule has 0 atom stereocenters. The normalized spacial score (nSPS) is 10.8. The second kappa shape index (κ2) is 6.60. The summed E-state index contributed by atoms with van der Waals surface area (Å²) in [7, 11) is -2.34. The molecule has 0 saturated heterocycles. The number of sulfonamides is 1. The van der Waals surface area contributed by atoms with Crippen molar-refractivity contribution in [1.29, 1.82) is 5.26 Å². The Balaban J connectivity index is 2.19. The van der Waals surface area contributed by atoms with Crippen LogP contribution in [0.1, 0.15) is 11.1 Å². The summed E-state index contributed by atoms with van der Waals surface area (Å²) in [5, 5.41) is 16.0. The standard InChI is InChI=1S/C13H11ClN4O3S/c1-21-11-6-12(14)16-17-13(11)18-22(19,20)8-10-4-2-9(7-15)3-5-10/h2-6H,8H2,1H3,(H,17,18). The van der Waals surface area contributed by atoms with Crippen LogP contribution in [0.5, 0.6) is 5.75 Å². The Labute approximate surface area is 132 Å². The first kappa shape index (κ1) is 16.0.